The van der Waals surface area contributed by atoms with E-state index in [9.17, 15) is 9.59 Å². The molecular weight excluding hydrogens is 268 g/mol. The first kappa shape index (κ1) is 16.1. The van der Waals surface area contributed by atoms with Crippen LogP contribution in [0.2, 0.25) is 0 Å². The maximum Gasteiger partial charge on any atom is 0.326 e. The molecule has 0 aromatic carbocycles. The van der Waals surface area contributed by atoms with Crippen LogP contribution in [0.25, 0.3) is 0 Å². The minimum Gasteiger partial charge on any atom is -0.480 e. The number of hydrogen-bond donors (Lipinski definition) is 3. The van der Waals surface area contributed by atoms with E-state index in [-0.39, 0.29) is 23.8 Å². The molecule has 1 heterocycles. The molecule has 1 fully saturated rings. The monoisotopic (exact) mass is 290 g/mol. The molecule has 0 radical (unpaired) electrons. The van der Waals surface area contributed by atoms with Gasteiger partial charge >= 0.3 is 12.0 Å². The van der Waals surface area contributed by atoms with E-state index in [1.807, 2.05) is 11.8 Å². The van der Waals surface area contributed by atoms with Gasteiger partial charge in [-0.2, -0.15) is 11.8 Å². The first-order chi connectivity index (χ1) is 8.85. The van der Waals surface area contributed by atoms with Gasteiger partial charge in [-0.1, -0.05) is 13.8 Å². The second kappa shape index (κ2) is 7.00. The Morgan fingerprint density at radius 2 is 2.11 bits per heavy atom. The van der Waals surface area contributed by atoms with E-state index < -0.39 is 12.0 Å². The minimum atomic E-state index is -1.12. The van der Waals surface area contributed by atoms with Gasteiger partial charge in [0.2, 0.25) is 0 Å². The van der Waals surface area contributed by atoms with Crippen molar-refractivity contribution in [3.05, 3.63) is 0 Å². The molecule has 1 saturated heterocycles. The number of nitrogens with one attached hydrogen (secondary N) is 1. The van der Waals surface area contributed by atoms with Crippen molar-refractivity contribution in [2.24, 2.45) is 0 Å². The van der Waals surface area contributed by atoms with Crippen LogP contribution in [0.15, 0.2) is 0 Å². The fourth-order valence-electron chi connectivity index (χ4n) is 1.85. The summed E-state index contributed by atoms with van der Waals surface area (Å²) >= 11 is 1.82. The lowest BCUT2D eigenvalue weighted by atomic mass is 10.1. The third kappa shape index (κ3) is 5.28. The number of hydrogen-bond acceptors (Lipinski definition) is 4. The highest BCUT2D eigenvalue weighted by molar-refractivity contribution is 8.00. The highest BCUT2D eigenvalue weighted by Gasteiger charge is 2.28. The summed E-state index contributed by atoms with van der Waals surface area (Å²) in [6.07, 6.45) is 0.901. The number of urea groups is 1. The smallest absolute Gasteiger partial charge is 0.326 e. The summed E-state index contributed by atoms with van der Waals surface area (Å²) in [5, 5.41) is 20.2. The van der Waals surface area contributed by atoms with Crippen molar-refractivity contribution in [1.29, 1.82) is 0 Å². The number of nitrogens with zero attached hydrogens (tertiary/aromatic N) is 1. The molecule has 0 spiro atoms. The van der Waals surface area contributed by atoms with Gasteiger partial charge < -0.3 is 20.4 Å². The molecule has 6 nitrogen and oxygen atoms in total. The summed E-state index contributed by atoms with van der Waals surface area (Å²) in [6.45, 7) is 5.26. The number of carbonyl (C=O) groups excluding carboxylic acids is 1. The molecule has 0 aromatic rings. The molecule has 3 N–H and O–H groups in total. The Bertz CT molecular complexity index is 336. The Kier molecular flexibility index (Phi) is 5.93. The Labute approximate surface area is 117 Å². The zero-order valence-electron chi connectivity index (χ0n) is 11.4. The summed E-state index contributed by atoms with van der Waals surface area (Å²) < 4.78 is 0.145. The predicted octanol–water partition coefficient (Wildman–Crippen LogP) is 0.749. The topological polar surface area (TPSA) is 89.9 Å². The molecule has 0 unspecified atom stereocenters. The molecular formula is C12H22N2O4S. The molecule has 1 aliphatic heterocycles. The second-order valence-corrected chi connectivity index (χ2v) is 7.00. The molecule has 1 atom stereocenters. The number of aliphatic hydroxyl groups excluding tert-OH is 1. The van der Waals surface area contributed by atoms with Gasteiger partial charge in [-0.15, -0.1) is 0 Å². The van der Waals surface area contributed by atoms with Gasteiger partial charge in [0.05, 0.1) is 0 Å². The second-order valence-electron chi connectivity index (χ2n) is 5.20. The van der Waals surface area contributed by atoms with Crippen LogP contribution in [-0.2, 0) is 4.79 Å². The average molecular weight is 290 g/mol. The Morgan fingerprint density at radius 3 is 2.68 bits per heavy atom. The normalized spacial score (nSPS) is 20.5. The summed E-state index contributed by atoms with van der Waals surface area (Å²) in [5.41, 5.74) is 0. The van der Waals surface area contributed by atoms with Gasteiger partial charge in [0.1, 0.15) is 6.04 Å². The highest BCUT2D eigenvalue weighted by atomic mass is 32.2. The zero-order valence-corrected chi connectivity index (χ0v) is 12.2. The van der Waals surface area contributed by atoms with Crippen LogP contribution in [0.3, 0.4) is 0 Å². The molecule has 1 aliphatic rings. The van der Waals surface area contributed by atoms with Crippen molar-refractivity contribution in [1.82, 2.24) is 10.2 Å². The van der Waals surface area contributed by atoms with Crippen molar-refractivity contribution in [3.63, 3.8) is 0 Å². The SMILES string of the molecule is CC1(C)CCN(C(=O)N[C@@H](CCO)C(=O)O)CCS1. The van der Waals surface area contributed by atoms with E-state index in [1.54, 1.807) is 4.90 Å². The number of carboxylic acids is 1. The quantitative estimate of drug-likeness (QED) is 0.711. The molecule has 2 amide bonds. The van der Waals surface area contributed by atoms with Crippen molar-refractivity contribution in [2.75, 3.05) is 25.4 Å². The number of carbonyl (C=O) groups is 2. The van der Waals surface area contributed by atoms with Crippen LogP contribution >= 0.6 is 11.8 Å². The van der Waals surface area contributed by atoms with Crippen molar-refractivity contribution in [2.45, 2.75) is 37.5 Å². The van der Waals surface area contributed by atoms with Crippen LogP contribution in [-0.4, -0.2) is 63.4 Å². The summed E-state index contributed by atoms with van der Waals surface area (Å²) in [4.78, 5) is 24.6. The van der Waals surface area contributed by atoms with E-state index in [2.05, 4.69) is 19.2 Å². The fourth-order valence-corrected chi connectivity index (χ4v) is 2.95. The van der Waals surface area contributed by atoms with Gasteiger partial charge in [-0.3, -0.25) is 0 Å². The van der Waals surface area contributed by atoms with Gasteiger partial charge in [-0.25, -0.2) is 9.59 Å². The lowest BCUT2D eigenvalue weighted by molar-refractivity contribution is -0.139. The Balaban J connectivity index is 2.54. The third-order valence-electron chi connectivity index (χ3n) is 3.14. The molecule has 7 heteroatoms. The molecule has 0 saturated carbocycles. The molecule has 110 valence electrons. The number of aliphatic carboxylic acids is 1. The fraction of sp³-hybridized carbons (Fsp3) is 0.833. The Morgan fingerprint density at radius 1 is 1.42 bits per heavy atom. The summed E-state index contributed by atoms with van der Waals surface area (Å²) in [7, 11) is 0. The van der Waals surface area contributed by atoms with Crippen LogP contribution < -0.4 is 5.32 Å². The van der Waals surface area contributed by atoms with Gasteiger partial charge in [0.15, 0.2) is 0 Å². The zero-order chi connectivity index (χ0) is 14.5. The first-order valence-electron chi connectivity index (χ1n) is 6.39. The standard InChI is InChI=1S/C12H22N2O4S/c1-12(2)4-5-14(6-8-19-12)11(18)13-9(3-7-15)10(16)17/h9,15H,3-8H2,1-2H3,(H,13,18)(H,16,17)/t9-/m0/s1. The van der Waals surface area contributed by atoms with E-state index in [0.29, 0.717) is 13.1 Å². The lowest BCUT2D eigenvalue weighted by Gasteiger charge is -2.24. The van der Waals surface area contributed by atoms with Crippen LogP contribution in [0.5, 0.6) is 0 Å². The Hall–Kier alpha value is -0.950. The van der Waals surface area contributed by atoms with Crippen LogP contribution in [0, 0.1) is 0 Å². The van der Waals surface area contributed by atoms with Crippen molar-refractivity contribution >= 4 is 23.8 Å². The van der Waals surface area contributed by atoms with E-state index >= 15 is 0 Å². The number of thioether (sulfide) groups is 1. The van der Waals surface area contributed by atoms with Gasteiger partial charge in [0.25, 0.3) is 0 Å². The number of carboxylic acid groups (broad SMARTS) is 1. The molecule has 0 aromatic heterocycles. The van der Waals surface area contributed by atoms with E-state index in [1.165, 1.54) is 0 Å². The highest BCUT2D eigenvalue weighted by Crippen LogP contribution is 2.30. The average Bonchev–Trinajstić information content (AvgIpc) is 2.49. The largest absolute Gasteiger partial charge is 0.480 e. The maximum atomic E-state index is 12.0. The predicted molar refractivity (Wildman–Crippen MR) is 74.4 cm³/mol. The third-order valence-corrected chi connectivity index (χ3v) is 4.51. The number of rotatable bonds is 4. The van der Waals surface area contributed by atoms with Crippen molar-refractivity contribution < 1.29 is 19.8 Å². The first-order valence-corrected chi connectivity index (χ1v) is 7.37. The van der Waals surface area contributed by atoms with Gasteiger partial charge in [-0.05, 0) is 6.42 Å². The molecule has 0 bridgehead atoms. The van der Waals surface area contributed by atoms with Crippen LogP contribution in [0.1, 0.15) is 26.7 Å². The number of aliphatic hydroxyl groups is 1. The molecule has 1 rings (SSSR count). The van der Waals surface area contributed by atoms with Gasteiger partial charge in [0, 0.05) is 36.6 Å². The molecule has 19 heavy (non-hydrogen) atoms. The number of amides is 2. The molecule has 0 aliphatic carbocycles. The van der Waals surface area contributed by atoms with Crippen LogP contribution in [0.4, 0.5) is 4.79 Å². The summed E-state index contributed by atoms with van der Waals surface area (Å²) in [5.74, 6) is -0.273. The lowest BCUT2D eigenvalue weighted by Crippen LogP contribution is -2.49. The minimum absolute atomic E-state index is 0.0230. The van der Waals surface area contributed by atoms with E-state index in [0.717, 1.165) is 12.2 Å². The maximum absolute atomic E-state index is 12.0. The summed E-state index contributed by atoms with van der Waals surface area (Å²) in [6, 6.07) is -1.39. The van der Waals surface area contributed by atoms with E-state index in [4.69, 9.17) is 10.2 Å². The van der Waals surface area contributed by atoms with Crippen molar-refractivity contribution in [3.8, 4) is 0 Å².